The SMILES string of the molecule is O=C([O-])c1ccc(-c2csc(C3CCCCN3C(=O)COc3ccccc3)n2)cc1.[Na+]. The van der Waals surface area contributed by atoms with E-state index in [2.05, 4.69) is 0 Å². The van der Waals surface area contributed by atoms with Gasteiger partial charge in [0, 0.05) is 17.5 Å². The molecule has 0 aliphatic carbocycles. The number of para-hydroxylation sites is 1. The summed E-state index contributed by atoms with van der Waals surface area (Å²) in [5, 5.41) is 13.8. The van der Waals surface area contributed by atoms with Gasteiger partial charge in [0.2, 0.25) is 0 Å². The predicted octanol–water partition coefficient (Wildman–Crippen LogP) is 0.310. The summed E-state index contributed by atoms with van der Waals surface area (Å²) in [4.78, 5) is 30.4. The van der Waals surface area contributed by atoms with E-state index in [9.17, 15) is 14.7 Å². The molecule has 31 heavy (non-hydrogen) atoms. The minimum absolute atomic E-state index is 0. The molecule has 0 radical (unpaired) electrons. The first kappa shape index (κ1) is 23.5. The van der Waals surface area contributed by atoms with Crippen molar-refractivity contribution in [2.75, 3.05) is 13.2 Å². The van der Waals surface area contributed by atoms with E-state index in [0.29, 0.717) is 12.3 Å². The fraction of sp³-hybridized carbons (Fsp3) is 0.261. The number of thiazole rings is 1. The van der Waals surface area contributed by atoms with Crippen molar-refractivity contribution in [3.05, 3.63) is 70.5 Å². The Balaban J connectivity index is 0.00000272. The number of carbonyl (C=O) groups excluding carboxylic acids is 2. The summed E-state index contributed by atoms with van der Waals surface area (Å²) in [5.41, 5.74) is 1.75. The Hall–Kier alpha value is -2.19. The molecule has 2 aromatic carbocycles. The Kier molecular flexibility index (Phi) is 8.26. The molecule has 1 aliphatic heterocycles. The van der Waals surface area contributed by atoms with Crippen molar-refractivity contribution in [2.45, 2.75) is 25.3 Å². The number of likely N-dealkylation sites (tertiary alicyclic amines) is 1. The third kappa shape index (κ3) is 5.74. The molecule has 6 nitrogen and oxygen atoms in total. The van der Waals surface area contributed by atoms with Gasteiger partial charge in [-0.25, -0.2) is 4.98 Å². The van der Waals surface area contributed by atoms with E-state index in [1.165, 1.54) is 23.5 Å². The van der Waals surface area contributed by atoms with Gasteiger partial charge in [-0.1, -0.05) is 42.5 Å². The smallest absolute Gasteiger partial charge is 0.545 e. The molecule has 1 aliphatic rings. The molecule has 0 bridgehead atoms. The number of amides is 1. The van der Waals surface area contributed by atoms with E-state index < -0.39 is 5.97 Å². The number of hydrogen-bond acceptors (Lipinski definition) is 6. The maximum absolute atomic E-state index is 12.8. The molecular formula is C23H21N2NaO4S. The van der Waals surface area contributed by atoms with Crippen LogP contribution in [0.4, 0.5) is 0 Å². The molecule has 4 rings (SSSR count). The number of hydrogen-bond donors (Lipinski definition) is 0. The predicted molar refractivity (Wildman–Crippen MR) is 112 cm³/mol. The molecular weight excluding hydrogens is 423 g/mol. The number of aromatic carboxylic acids is 1. The third-order valence-corrected chi connectivity index (χ3v) is 6.10. The Morgan fingerprint density at radius 3 is 2.55 bits per heavy atom. The van der Waals surface area contributed by atoms with Crippen LogP contribution in [0.2, 0.25) is 0 Å². The van der Waals surface area contributed by atoms with E-state index in [0.717, 1.165) is 35.5 Å². The molecule has 3 aromatic rings. The van der Waals surface area contributed by atoms with Crippen molar-refractivity contribution < 1.29 is 49.0 Å². The second-order valence-electron chi connectivity index (χ2n) is 7.14. The molecule has 1 atom stereocenters. The van der Waals surface area contributed by atoms with Crippen LogP contribution in [-0.2, 0) is 4.79 Å². The van der Waals surface area contributed by atoms with Gasteiger partial charge in [0.1, 0.15) is 10.8 Å². The first-order valence-electron chi connectivity index (χ1n) is 9.86. The molecule has 0 N–H and O–H groups in total. The van der Waals surface area contributed by atoms with Crippen LogP contribution in [0.5, 0.6) is 5.75 Å². The fourth-order valence-corrected chi connectivity index (χ4v) is 4.56. The summed E-state index contributed by atoms with van der Waals surface area (Å²) < 4.78 is 5.65. The topological polar surface area (TPSA) is 82.6 Å². The summed E-state index contributed by atoms with van der Waals surface area (Å²) in [7, 11) is 0. The average molecular weight is 444 g/mol. The number of rotatable bonds is 6. The zero-order valence-electron chi connectivity index (χ0n) is 17.3. The second kappa shape index (κ2) is 10.9. The van der Waals surface area contributed by atoms with Gasteiger partial charge >= 0.3 is 29.6 Å². The van der Waals surface area contributed by atoms with Gasteiger partial charge in [-0.3, -0.25) is 4.79 Å². The van der Waals surface area contributed by atoms with E-state index in [1.807, 2.05) is 40.6 Å². The van der Waals surface area contributed by atoms with Gasteiger partial charge in [-0.2, -0.15) is 0 Å². The first-order valence-corrected chi connectivity index (χ1v) is 10.7. The standard InChI is InChI=1S/C23H22N2O4S.Na/c26-21(14-29-18-6-2-1-3-7-18)25-13-5-4-8-20(25)22-24-19(15-30-22)16-9-11-17(12-10-16)23(27)28;/h1-3,6-7,9-12,15,20H,4-5,8,13-14H2,(H,27,28);/q;+1/p-1. The molecule has 1 unspecified atom stereocenters. The summed E-state index contributed by atoms with van der Waals surface area (Å²) in [6.45, 7) is 0.695. The maximum Gasteiger partial charge on any atom is 1.00 e. The number of ether oxygens (including phenoxy) is 1. The number of piperidine rings is 1. The van der Waals surface area contributed by atoms with Gasteiger partial charge in [0.15, 0.2) is 6.61 Å². The minimum atomic E-state index is -1.20. The van der Waals surface area contributed by atoms with Gasteiger partial charge in [0.25, 0.3) is 5.91 Å². The summed E-state index contributed by atoms with van der Waals surface area (Å²) in [5.74, 6) is -0.566. The van der Waals surface area contributed by atoms with E-state index in [4.69, 9.17) is 9.72 Å². The quantitative estimate of drug-likeness (QED) is 0.511. The fourth-order valence-electron chi connectivity index (χ4n) is 3.58. The summed E-state index contributed by atoms with van der Waals surface area (Å²) in [6.07, 6.45) is 2.88. The Bertz CT molecular complexity index is 1020. The van der Waals surface area contributed by atoms with Crippen molar-refractivity contribution in [1.29, 1.82) is 0 Å². The average Bonchev–Trinajstić information content (AvgIpc) is 3.28. The van der Waals surface area contributed by atoms with Crippen LogP contribution >= 0.6 is 11.3 Å². The maximum atomic E-state index is 12.8. The van der Waals surface area contributed by atoms with Crippen molar-refractivity contribution in [1.82, 2.24) is 9.88 Å². The first-order chi connectivity index (χ1) is 14.6. The van der Waals surface area contributed by atoms with Gasteiger partial charge in [-0.15, -0.1) is 11.3 Å². The van der Waals surface area contributed by atoms with Crippen LogP contribution in [0.1, 0.15) is 40.7 Å². The van der Waals surface area contributed by atoms with Gasteiger partial charge < -0.3 is 19.5 Å². The van der Waals surface area contributed by atoms with Crippen molar-refractivity contribution in [2.24, 2.45) is 0 Å². The van der Waals surface area contributed by atoms with Crippen molar-refractivity contribution in [3.63, 3.8) is 0 Å². The number of aromatic nitrogens is 1. The molecule has 1 fully saturated rings. The molecule has 0 saturated carbocycles. The van der Waals surface area contributed by atoms with Crippen LogP contribution in [0.25, 0.3) is 11.3 Å². The summed E-state index contributed by atoms with van der Waals surface area (Å²) in [6, 6.07) is 15.7. The minimum Gasteiger partial charge on any atom is -0.545 e. The number of carboxylic acid groups (broad SMARTS) is 1. The monoisotopic (exact) mass is 444 g/mol. The van der Waals surface area contributed by atoms with Gasteiger partial charge in [-0.05, 0) is 37.0 Å². The Labute approximate surface area is 207 Å². The third-order valence-electron chi connectivity index (χ3n) is 5.15. The molecule has 8 heteroatoms. The zero-order chi connectivity index (χ0) is 20.9. The van der Waals surface area contributed by atoms with Crippen LogP contribution in [0.15, 0.2) is 60.0 Å². The molecule has 1 saturated heterocycles. The zero-order valence-corrected chi connectivity index (χ0v) is 20.1. The number of carbonyl (C=O) groups is 2. The van der Waals surface area contributed by atoms with Crippen LogP contribution < -0.4 is 39.4 Å². The Morgan fingerprint density at radius 2 is 1.84 bits per heavy atom. The molecule has 2 heterocycles. The van der Waals surface area contributed by atoms with Crippen LogP contribution in [0.3, 0.4) is 0 Å². The van der Waals surface area contributed by atoms with Crippen LogP contribution in [-0.4, -0.2) is 34.9 Å². The Morgan fingerprint density at radius 1 is 1.10 bits per heavy atom. The largest absolute Gasteiger partial charge is 1.00 e. The van der Waals surface area contributed by atoms with Gasteiger partial charge in [0.05, 0.1) is 17.7 Å². The van der Waals surface area contributed by atoms with Crippen molar-refractivity contribution in [3.8, 4) is 17.0 Å². The van der Waals surface area contributed by atoms with E-state index in [-0.39, 0.29) is 53.7 Å². The van der Waals surface area contributed by atoms with E-state index >= 15 is 0 Å². The number of carboxylic acids is 1. The van der Waals surface area contributed by atoms with Crippen molar-refractivity contribution >= 4 is 23.2 Å². The normalized spacial score (nSPS) is 15.7. The summed E-state index contributed by atoms with van der Waals surface area (Å²) >= 11 is 1.52. The molecule has 1 aromatic heterocycles. The number of benzene rings is 2. The second-order valence-corrected chi connectivity index (χ2v) is 8.03. The van der Waals surface area contributed by atoms with Crippen LogP contribution in [0, 0.1) is 0 Å². The molecule has 1 amide bonds. The molecule has 154 valence electrons. The molecule has 0 spiro atoms. The van der Waals surface area contributed by atoms with E-state index in [1.54, 1.807) is 12.1 Å². The number of nitrogens with zero attached hydrogens (tertiary/aromatic N) is 2.